The number of nitrogens with zero attached hydrogens (tertiary/aromatic N) is 2. The summed E-state index contributed by atoms with van der Waals surface area (Å²) in [5.74, 6) is 0. The average Bonchev–Trinajstić information content (AvgIpc) is 3.22. The average molecular weight is 393 g/mol. The monoisotopic (exact) mass is 392 g/mol. The van der Waals surface area contributed by atoms with Gasteiger partial charge in [0, 0.05) is 10.9 Å². The Morgan fingerprint density at radius 2 is 1.90 bits per heavy atom. The minimum atomic E-state index is 0.0307. The zero-order valence-electron chi connectivity index (χ0n) is 17.5. The number of benzene rings is 2. The first-order valence-corrected chi connectivity index (χ1v) is 10.1. The van der Waals surface area contributed by atoms with E-state index < -0.39 is 0 Å². The van der Waals surface area contributed by atoms with Gasteiger partial charge in [0.05, 0.1) is 6.72 Å². The number of pyridine rings is 1. The first-order chi connectivity index (χ1) is 14.4. The van der Waals surface area contributed by atoms with Crippen molar-refractivity contribution in [3.8, 4) is 0 Å². The highest BCUT2D eigenvalue weighted by Gasteiger charge is 2.23. The molecule has 0 fully saturated rings. The first kappa shape index (κ1) is 18.4. The van der Waals surface area contributed by atoms with Crippen molar-refractivity contribution in [3.05, 3.63) is 102 Å². The van der Waals surface area contributed by atoms with Gasteiger partial charge in [-0.1, -0.05) is 68.3 Å². The molecule has 5 rings (SSSR count). The van der Waals surface area contributed by atoms with Gasteiger partial charge in [0.15, 0.2) is 0 Å². The van der Waals surface area contributed by atoms with E-state index in [2.05, 4.69) is 81.0 Å². The van der Waals surface area contributed by atoms with Gasteiger partial charge in [-0.15, -0.1) is 0 Å². The van der Waals surface area contributed by atoms with Crippen LogP contribution in [0.1, 0.15) is 37.5 Å². The molecule has 0 atom stereocenters. The summed E-state index contributed by atoms with van der Waals surface area (Å²) in [5.41, 5.74) is 5.40. The van der Waals surface area contributed by atoms with E-state index in [9.17, 15) is 0 Å². The Kier molecular flexibility index (Phi) is 4.14. The molecule has 0 N–H and O–H groups in total. The molecule has 0 bridgehead atoms. The molecule has 1 aliphatic rings. The first-order valence-electron chi connectivity index (χ1n) is 10.1. The predicted octanol–water partition coefficient (Wildman–Crippen LogP) is 6.48. The summed E-state index contributed by atoms with van der Waals surface area (Å²) >= 11 is 0. The molecule has 3 nitrogen and oxygen atoms in total. The lowest BCUT2D eigenvalue weighted by Gasteiger charge is -2.27. The Bertz CT molecular complexity index is 1350. The number of hydrogen-bond donors (Lipinski definition) is 0. The van der Waals surface area contributed by atoms with Gasteiger partial charge in [-0.05, 0) is 52.4 Å². The predicted molar refractivity (Wildman–Crippen MR) is 124 cm³/mol. The van der Waals surface area contributed by atoms with Crippen molar-refractivity contribution in [1.29, 1.82) is 0 Å². The van der Waals surface area contributed by atoms with E-state index in [0.717, 1.165) is 33.7 Å². The van der Waals surface area contributed by atoms with Crippen LogP contribution in [0.5, 0.6) is 0 Å². The van der Waals surface area contributed by atoms with Crippen molar-refractivity contribution in [2.24, 2.45) is 0 Å². The topological polar surface area (TPSA) is 27.2 Å². The summed E-state index contributed by atoms with van der Waals surface area (Å²) in [4.78, 5) is 4.39. The second-order valence-electron chi connectivity index (χ2n) is 8.79. The lowest BCUT2D eigenvalue weighted by Crippen LogP contribution is -2.17. The maximum absolute atomic E-state index is 5.74. The van der Waals surface area contributed by atoms with Crippen LogP contribution >= 0.6 is 0 Å². The molecule has 0 radical (unpaired) electrons. The zero-order chi connectivity index (χ0) is 20.9. The third-order valence-corrected chi connectivity index (χ3v) is 5.67. The number of fused-ring (bicyclic) bond motifs is 2. The van der Waals surface area contributed by atoms with E-state index in [1.165, 1.54) is 16.3 Å². The molecule has 0 spiro atoms. The smallest absolute Gasteiger partial charge is 0.295 e. The molecule has 0 unspecified atom stereocenters. The second-order valence-corrected chi connectivity index (χ2v) is 8.79. The number of hydrogen-bond acceptors (Lipinski definition) is 1. The van der Waals surface area contributed by atoms with Gasteiger partial charge in [-0.25, -0.2) is 0 Å². The van der Waals surface area contributed by atoms with Crippen LogP contribution in [0, 0.1) is 6.04 Å². The largest absolute Gasteiger partial charge is 0.327 e. The van der Waals surface area contributed by atoms with Crippen LogP contribution in [-0.4, -0.2) is 16.3 Å². The van der Waals surface area contributed by atoms with Crippen molar-refractivity contribution in [3.63, 3.8) is 0 Å². The number of rotatable bonds is 2. The van der Waals surface area contributed by atoms with Crippen molar-refractivity contribution < 1.29 is 8.99 Å². The van der Waals surface area contributed by atoms with E-state index >= 15 is 0 Å². The minimum Gasteiger partial charge on any atom is -0.327 e. The molecule has 0 amide bonds. The quantitative estimate of drug-likeness (QED) is 0.222. The van der Waals surface area contributed by atoms with Crippen LogP contribution in [0.15, 0.2) is 83.9 Å². The third kappa shape index (κ3) is 3.03. The number of allylic oxidation sites excluding steroid dienone is 2. The fraction of sp³-hybridized carbons (Fsp3) is 0.148. The van der Waals surface area contributed by atoms with Crippen LogP contribution < -0.4 is 0 Å². The zero-order valence-corrected chi connectivity index (χ0v) is 17.5. The highest BCUT2D eigenvalue weighted by atomic mass is 16.3. The van der Waals surface area contributed by atoms with E-state index in [4.69, 9.17) is 4.42 Å². The highest BCUT2D eigenvalue weighted by molar-refractivity contribution is 5.93. The molecule has 2 aromatic heterocycles. The lowest BCUT2D eigenvalue weighted by molar-refractivity contribution is -0.417. The third-order valence-electron chi connectivity index (χ3n) is 5.67. The van der Waals surface area contributed by atoms with E-state index in [-0.39, 0.29) is 5.41 Å². The molecule has 3 heterocycles. The molecule has 30 heavy (non-hydrogen) atoms. The minimum absolute atomic E-state index is 0.0307. The summed E-state index contributed by atoms with van der Waals surface area (Å²) in [5, 5.41) is 3.53. The highest BCUT2D eigenvalue weighted by Crippen LogP contribution is 2.36. The summed E-state index contributed by atoms with van der Waals surface area (Å²) in [6.07, 6.45) is 11.6. The lowest BCUT2D eigenvalue weighted by atomic mass is 9.81. The Balaban J connectivity index is 1.68. The summed E-state index contributed by atoms with van der Waals surface area (Å²) in [7, 11) is 0. The Labute approximate surface area is 176 Å². The Morgan fingerprint density at radius 3 is 2.73 bits per heavy atom. The van der Waals surface area contributed by atoms with Crippen LogP contribution in [0.25, 0.3) is 27.3 Å². The second kappa shape index (κ2) is 6.74. The van der Waals surface area contributed by atoms with E-state index in [1.54, 1.807) is 6.26 Å². The molecule has 4 aromatic rings. The molecule has 0 saturated carbocycles. The number of aromatic nitrogens is 1. The van der Waals surface area contributed by atoms with Crippen molar-refractivity contribution in [1.82, 2.24) is 4.98 Å². The molecule has 2 aromatic carbocycles. The van der Waals surface area contributed by atoms with Gasteiger partial charge >= 0.3 is 0 Å². The van der Waals surface area contributed by atoms with Gasteiger partial charge in [0.25, 0.3) is 5.58 Å². The maximum Gasteiger partial charge on any atom is 0.295 e. The van der Waals surface area contributed by atoms with Crippen LogP contribution in [0.4, 0.5) is 0 Å². The van der Waals surface area contributed by atoms with Gasteiger partial charge in [-0.3, -0.25) is 8.99 Å². The van der Waals surface area contributed by atoms with Crippen LogP contribution in [-0.2, 0) is 5.41 Å². The molecule has 148 valence electrons. The van der Waals surface area contributed by atoms with Crippen molar-refractivity contribution >= 4 is 34.0 Å². The summed E-state index contributed by atoms with van der Waals surface area (Å²) in [6.45, 7) is 11.0. The number of furan rings is 1. The van der Waals surface area contributed by atoms with Gasteiger partial charge in [0.1, 0.15) is 12.2 Å². The Morgan fingerprint density at radius 1 is 1.07 bits per heavy atom. The summed E-state index contributed by atoms with van der Waals surface area (Å²) < 4.78 is 7.66. The maximum atomic E-state index is 5.74. The normalized spacial score (nSPS) is 14.6. The molecule has 1 aliphatic heterocycles. The SMILES string of the molecule is C=[N+]1C=CC(c2cncc3cc[o+][c-]23)=C[C-]1c1cc(C(C)(C)C)c2ccccc2c1. The Hall–Kier alpha value is -3.59. The van der Waals surface area contributed by atoms with Gasteiger partial charge < -0.3 is 4.98 Å². The van der Waals surface area contributed by atoms with Crippen LogP contribution in [0.2, 0.25) is 0 Å². The fourth-order valence-electron chi connectivity index (χ4n) is 4.12. The molecule has 3 heteroatoms. The fourth-order valence-corrected chi connectivity index (χ4v) is 4.12. The summed E-state index contributed by atoms with van der Waals surface area (Å²) in [6, 6.07) is 16.1. The molecule has 0 aliphatic carbocycles. The van der Waals surface area contributed by atoms with E-state index in [0.29, 0.717) is 0 Å². The van der Waals surface area contributed by atoms with E-state index in [1.807, 2.05) is 29.2 Å². The van der Waals surface area contributed by atoms with Gasteiger partial charge in [-0.2, -0.15) is 0 Å². The molecule has 0 saturated heterocycles. The van der Waals surface area contributed by atoms with Crippen molar-refractivity contribution in [2.75, 3.05) is 0 Å². The van der Waals surface area contributed by atoms with Crippen molar-refractivity contribution in [2.45, 2.75) is 26.2 Å². The van der Waals surface area contributed by atoms with Gasteiger partial charge in [0.2, 0.25) is 6.26 Å². The standard InChI is InChI=1S/C27H24N2O/c1-27(2,3)24-14-21(13-18-7-5-6-8-22(18)24)25-15-19(9-11-29(25)4)23-17-28-16-20-10-12-30-26(20)23/h5-17H,4H2,1-3H3. The van der Waals surface area contributed by atoms with Crippen LogP contribution in [0.3, 0.4) is 0 Å². The molecular weight excluding hydrogens is 368 g/mol. The molecular formula is C27H24N2O.